The van der Waals surface area contributed by atoms with Crippen molar-refractivity contribution in [2.24, 2.45) is 0 Å². The first kappa shape index (κ1) is 23.8. The number of fused-ring (bicyclic) bond motifs is 1. The highest BCUT2D eigenvalue weighted by Gasteiger charge is 2.25. The molecule has 1 saturated heterocycles. The number of anilines is 3. The van der Waals surface area contributed by atoms with Gasteiger partial charge in [0.2, 0.25) is 0 Å². The first-order valence-electron chi connectivity index (χ1n) is 12.3. The second kappa shape index (κ2) is 10.8. The van der Waals surface area contributed by atoms with Crippen molar-refractivity contribution >= 4 is 33.7 Å². The average Bonchev–Trinajstić information content (AvgIpc) is 2.91. The molecule has 0 spiro atoms. The van der Waals surface area contributed by atoms with E-state index in [4.69, 9.17) is 10.7 Å². The maximum absolute atomic E-state index is 12.8. The first-order chi connectivity index (χ1) is 17.6. The quantitative estimate of drug-likeness (QED) is 0.339. The molecule has 0 bridgehead atoms. The minimum absolute atomic E-state index is 0.0899. The summed E-state index contributed by atoms with van der Waals surface area (Å²) in [5.74, 6) is -0.225. The molecule has 1 fully saturated rings. The Balaban J connectivity index is 1.33. The number of para-hydroxylation sites is 2. The number of rotatable bonds is 7. The van der Waals surface area contributed by atoms with E-state index in [1.165, 1.54) is 10.8 Å². The lowest BCUT2D eigenvalue weighted by atomic mass is 10.1. The van der Waals surface area contributed by atoms with E-state index in [-0.39, 0.29) is 11.9 Å². The third-order valence-corrected chi connectivity index (χ3v) is 6.83. The van der Waals surface area contributed by atoms with Crippen LogP contribution in [0.3, 0.4) is 0 Å². The van der Waals surface area contributed by atoms with E-state index >= 15 is 0 Å². The van der Waals surface area contributed by atoms with E-state index in [2.05, 4.69) is 69.9 Å². The van der Waals surface area contributed by atoms with Crippen molar-refractivity contribution in [3.63, 3.8) is 0 Å². The number of amides is 1. The lowest BCUT2D eigenvalue weighted by Gasteiger charge is -2.38. The standard InChI is InChI=1S/C29H32N6O/c1-34-14-16-35(17-15-34)28(20-31-24-12-10-21-6-2-3-7-22(21)18-24)27-13-11-23(19-32-27)29(36)33-26-9-5-4-8-25(26)30/h2-13,18-19,28,31H,14-17,20,30H2,1H3,(H,33,36). The molecule has 1 aromatic heterocycles. The van der Waals surface area contributed by atoms with Crippen molar-refractivity contribution in [2.45, 2.75) is 6.04 Å². The Labute approximate surface area is 211 Å². The normalized spacial score (nSPS) is 15.5. The molecule has 7 heteroatoms. The molecular formula is C29H32N6O. The number of benzene rings is 3. The van der Waals surface area contributed by atoms with Crippen molar-refractivity contribution in [3.05, 3.63) is 96.3 Å². The Morgan fingerprint density at radius 1 is 0.944 bits per heavy atom. The van der Waals surface area contributed by atoms with E-state index in [0.29, 0.717) is 16.9 Å². The molecule has 0 radical (unpaired) electrons. The summed E-state index contributed by atoms with van der Waals surface area (Å²) in [6, 6.07) is 26.0. The smallest absolute Gasteiger partial charge is 0.257 e. The molecule has 0 aliphatic carbocycles. The van der Waals surface area contributed by atoms with Gasteiger partial charge < -0.3 is 21.3 Å². The van der Waals surface area contributed by atoms with Crippen LogP contribution in [0.5, 0.6) is 0 Å². The summed E-state index contributed by atoms with van der Waals surface area (Å²) in [6.45, 7) is 4.70. The van der Waals surface area contributed by atoms with Gasteiger partial charge in [0, 0.05) is 44.6 Å². The minimum Gasteiger partial charge on any atom is -0.397 e. The van der Waals surface area contributed by atoms with Crippen molar-refractivity contribution < 1.29 is 4.79 Å². The lowest BCUT2D eigenvalue weighted by Crippen LogP contribution is -2.47. The van der Waals surface area contributed by atoms with Gasteiger partial charge in [-0.3, -0.25) is 14.7 Å². The maximum Gasteiger partial charge on any atom is 0.257 e. The van der Waals surface area contributed by atoms with E-state index in [1.54, 1.807) is 18.3 Å². The Bertz CT molecular complexity index is 1330. The van der Waals surface area contributed by atoms with Crippen molar-refractivity contribution in [1.82, 2.24) is 14.8 Å². The predicted molar refractivity (Wildman–Crippen MR) is 147 cm³/mol. The van der Waals surface area contributed by atoms with Crippen LogP contribution in [-0.4, -0.2) is 60.5 Å². The number of carbonyl (C=O) groups excluding carboxylic acids is 1. The second-order valence-corrected chi connectivity index (χ2v) is 9.31. The van der Waals surface area contributed by atoms with Crippen molar-refractivity contribution in [1.29, 1.82) is 0 Å². The summed E-state index contributed by atoms with van der Waals surface area (Å²) in [5, 5.41) is 8.95. The molecule has 4 aromatic rings. The molecule has 4 N–H and O–H groups in total. The first-order valence-corrected chi connectivity index (χ1v) is 12.3. The summed E-state index contributed by atoms with van der Waals surface area (Å²) < 4.78 is 0. The predicted octanol–water partition coefficient (Wildman–Crippen LogP) is 4.47. The number of piperazine rings is 1. The zero-order chi connectivity index (χ0) is 24.9. The molecule has 1 aliphatic heterocycles. The van der Waals surface area contributed by atoms with Crippen LogP contribution in [0.2, 0.25) is 0 Å². The van der Waals surface area contributed by atoms with Gasteiger partial charge in [-0.15, -0.1) is 0 Å². The van der Waals surface area contributed by atoms with Gasteiger partial charge in [0.25, 0.3) is 5.91 Å². The Hall–Kier alpha value is -3.94. The highest BCUT2D eigenvalue weighted by atomic mass is 16.1. The number of nitrogens with zero attached hydrogens (tertiary/aromatic N) is 3. The molecule has 1 aliphatic rings. The molecule has 7 nitrogen and oxygen atoms in total. The molecule has 1 amide bonds. The maximum atomic E-state index is 12.8. The van der Waals surface area contributed by atoms with Gasteiger partial charge in [0.15, 0.2) is 0 Å². The molecule has 184 valence electrons. The number of nitrogen functional groups attached to an aromatic ring is 1. The number of carbonyl (C=O) groups is 1. The minimum atomic E-state index is -0.225. The van der Waals surface area contributed by atoms with Crippen LogP contribution < -0.4 is 16.4 Å². The number of aromatic nitrogens is 1. The summed E-state index contributed by atoms with van der Waals surface area (Å²) in [7, 11) is 2.16. The van der Waals surface area contributed by atoms with Crippen LogP contribution in [0.4, 0.5) is 17.1 Å². The number of pyridine rings is 1. The summed E-state index contributed by atoms with van der Waals surface area (Å²) >= 11 is 0. The molecule has 36 heavy (non-hydrogen) atoms. The lowest BCUT2D eigenvalue weighted by molar-refractivity contribution is 0.102. The van der Waals surface area contributed by atoms with Crippen LogP contribution in [0.1, 0.15) is 22.1 Å². The van der Waals surface area contributed by atoms with Gasteiger partial charge in [-0.05, 0) is 54.2 Å². The number of nitrogens with two attached hydrogens (primary N) is 1. The molecule has 1 unspecified atom stereocenters. The third-order valence-electron chi connectivity index (χ3n) is 6.83. The Morgan fingerprint density at radius 3 is 2.44 bits per heavy atom. The highest BCUT2D eigenvalue weighted by Crippen LogP contribution is 2.24. The van der Waals surface area contributed by atoms with E-state index in [1.807, 2.05) is 24.3 Å². The third kappa shape index (κ3) is 5.48. The molecule has 3 aromatic carbocycles. The van der Waals surface area contributed by atoms with Crippen LogP contribution in [0.15, 0.2) is 85.1 Å². The fraction of sp³-hybridized carbons (Fsp3) is 0.241. The Kier molecular flexibility index (Phi) is 7.11. The number of nitrogens with one attached hydrogen (secondary N) is 2. The molecule has 0 saturated carbocycles. The van der Waals surface area contributed by atoms with Gasteiger partial charge >= 0.3 is 0 Å². The van der Waals surface area contributed by atoms with Crippen molar-refractivity contribution in [2.75, 3.05) is 56.1 Å². The fourth-order valence-electron chi connectivity index (χ4n) is 4.61. The summed E-state index contributed by atoms with van der Waals surface area (Å²) in [4.78, 5) is 22.3. The van der Waals surface area contributed by atoms with Gasteiger partial charge in [0.1, 0.15) is 0 Å². The molecule has 2 heterocycles. The highest BCUT2D eigenvalue weighted by molar-refractivity contribution is 6.05. The van der Waals surface area contributed by atoms with Gasteiger partial charge in [-0.1, -0.05) is 42.5 Å². The zero-order valence-electron chi connectivity index (χ0n) is 20.5. The zero-order valence-corrected chi connectivity index (χ0v) is 20.5. The van der Waals surface area contributed by atoms with Crippen LogP contribution in [-0.2, 0) is 0 Å². The monoisotopic (exact) mass is 480 g/mol. The largest absolute Gasteiger partial charge is 0.397 e. The van der Waals surface area contributed by atoms with Crippen LogP contribution >= 0.6 is 0 Å². The van der Waals surface area contributed by atoms with E-state index in [9.17, 15) is 4.79 Å². The van der Waals surface area contributed by atoms with E-state index in [0.717, 1.165) is 44.1 Å². The van der Waals surface area contributed by atoms with Gasteiger partial charge in [0.05, 0.1) is 28.7 Å². The van der Waals surface area contributed by atoms with Gasteiger partial charge in [-0.25, -0.2) is 0 Å². The average molecular weight is 481 g/mol. The Morgan fingerprint density at radius 2 is 1.69 bits per heavy atom. The summed E-state index contributed by atoms with van der Waals surface area (Å²) in [5.41, 5.74) is 9.64. The molecule has 5 rings (SSSR count). The van der Waals surface area contributed by atoms with Crippen LogP contribution in [0.25, 0.3) is 10.8 Å². The SMILES string of the molecule is CN1CCN(C(CNc2ccc3ccccc3c2)c2ccc(C(=O)Nc3ccccc3N)cn2)CC1. The van der Waals surface area contributed by atoms with Crippen LogP contribution in [0, 0.1) is 0 Å². The molecule has 1 atom stereocenters. The topological polar surface area (TPSA) is 86.5 Å². The number of hydrogen-bond donors (Lipinski definition) is 3. The van der Waals surface area contributed by atoms with E-state index < -0.39 is 0 Å². The fourth-order valence-corrected chi connectivity index (χ4v) is 4.61. The summed E-state index contributed by atoms with van der Waals surface area (Å²) in [6.07, 6.45) is 1.66. The number of hydrogen-bond acceptors (Lipinski definition) is 6. The van der Waals surface area contributed by atoms with Crippen molar-refractivity contribution in [3.8, 4) is 0 Å². The second-order valence-electron chi connectivity index (χ2n) is 9.31. The number of likely N-dealkylation sites (N-methyl/N-ethyl adjacent to an activating group) is 1. The molecular weight excluding hydrogens is 448 g/mol. The van der Waals surface area contributed by atoms with Gasteiger partial charge in [-0.2, -0.15) is 0 Å².